The molecule has 1 aliphatic rings. The number of nitro groups is 1. The summed E-state index contributed by atoms with van der Waals surface area (Å²) in [6, 6.07) is 0. The Morgan fingerprint density at radius 1 is 1.29 bits per heavy atom. The van der Waals surface area contributed by atoms with Crippen LogP contribution < -0.4 is 10.1 Å². The molecule has 1 aromatic heterocycles. The van der Waals surface area contributed by atoms with Crippen molar-refractivity contribution in [1.82, 2.24) is 9.97 Å². The van der Waals surface area contributed by atoms with Gasteiger partial charge >= 0.3 is 5.69 Å². The Morgan fingerprint density at radius 2 is 1.95 bits per heavy atom. The molecule has 0 aromatic carbocycles. The van der Waals surface area contributed by atoms with Crippen molar-refractivity contribution in [2.24, 2.45) is 0 Å². The van der Waals surface area contributed by atoms with Crippen LogP contribution in [0.5, 0.6) is 5.88 Å². The number of hydrogen-bond donors (Lipinski definition) is 1. The molecule has 0 aliphatic heterocycles. The standard InChI is InChI=1S/C14H22N4O3/c1-14(2,3)17-12-11(18(19)20)13(16-9-15-12)21-10-7-5-4-6-8-10/h9-10H,4-8H2,1-3H3,(H,15,16,17). The molecule has 0 atom stereocenters. The van der Waals surface area contributed by atoms with Gasteiger partial charge in [-0.05, 0) is 46.5 Å². The van der Waals surface area contributed by atoms with Crippen LogP contribution in [0.3, 0.4) is 0 Å². The minimum absolute atomic E-state index is 0.00911. The first-order valence-electron chi connectivity index (χ1n) is 7.31. The smallest absolute Gasteiger partial charge is 0.372 e. The molecule has 1 fully saturated rings. The summed E-state index contributed by atoms with van der Waals surface area (Å²) in [7, 11) is 0. The zero-order valence-electron chi connectivity index (χ0n) is 12.8. The molecule has 1 N–H and O–H groups in total. The Bertz CT molecular complexity index is 507. The fourth-order valence-corrected chi connectivity index (χ4v) is 2.40. The van der Waals surface area contributed by atoms with Gasteiger partial charge in [-0.1, -0.05) is 6.42 Å². The lowest BCUT2D eigenvalue weighted by Gasteiger charge is -2.24. The lowest BCUT2D eigenvalue weighted by atomic mass is 9.98. The maximum atomic E-state index is 11.4. The van der Waals surface area contributed by atoms with E-state index < -0.39 is 4.92 Å². The van der Waals surface area contributed by atoms with Crippen LogP contribution in [0.25, 0.3) is 0 Å². The van der Waals surface area contributed by atoms with Crippen LogP contribution in [0.1, 0.15) is 52.9 Å². The quantitative estimate of drug-likeness (QED) is 0.676. The molecule has 7 nitrogen and oxygen atoms in total. The van der Waals surface area contributed by atoms with Crippen molar-refractivity contribution in [2.45, 2.75) is 64.5 Å². The van der Waals surface area contributed by atoms with E-state index >= 15 is 0 Å². The molecule has 1 saturated carbocycles. The van der Waals surface area contributed by atoms with Gasteiger partial charge in [0.1, 0.15) is 12.4 Å². The van der Waals surface area contributed by atoms with Gasteiger partial charge in [0, 0.05) is 5.54 Å². The molecule has 116 valence electrons. The molecule has 0 radical (unpaired) electrons. The van der Waals surface area contributed by atoms with Gasteiger partial charge in [0.25, 0.3) is 5.88 Å². The van der Waals surface area contributed by atoms with E-state index in [4.69, 9.17) is 4.74 Å². The van der Waals surface area contributed by atoms with Gasteiger partial charge in [-0.3, -0.25) is 10.1 Å². The minimum atomic E-state index is -0.480. The van der Waals surface area contributed by atoms with E-state index in [0.717, 1.165) is 25.7 Å². The molecule has 0 bridgehead atoms. The molecule has 0 saturated heterocycles. The lowest BCUT2D eigenvalue weighted by Crippen LogP contribution is -2.28. The third-order valence-corrected chi connectivity index (χ3v) is 3.30. The average molecular weight is 294 g/mol. The molecule has 0 amide bonds. The van der Waals surface area contributed by atoms with E-state index in [0.29, 0.717) is 0 Å². The first-order chi connectivity index (χ1) is 9.87. The highest BCUT2D eigenvalue weighted by atomic mass is 16.6. The Labute approximate surface area is 124 Å². The van der Waals surface area contributed by atoms with Crippen molar-refractivity contribution in [1.29, 1.82) is 0 Å². The van der Waals surface area contributed by atoms with Gasteiger partial charge in [-0.2, -0.15) is 4.98 Å². The molecule has 7 heteroatoms. The van der Waals surface area contributed by atoms with E-state index in [1.54, 1.807) is 0 Å². The van der Waals surface area contributed by atoms with Gasteiger partial charge in [0.05, 0.1) is 4.92 Å². The number of rotatable bonds is 4. The van der Waals surface area contributed by atoms with Crippen LogP contribution in [0, 0.1) is 10.1 Å². The second kappa shape index (κ2) is 6.24. The molecule has 1 aliphatic carbocycles. The average Bonchev–Trinajstić information content (AvgIpc) is 2.37. The Kier molecular flexibility index (Phi) is 4.59. The monoisotopic (exact) mass is 294 g/mol. The Balaban J connectivity index is 2.27. The van der Waals surface area contributed by atoms with E-state index in [9.17, 15) is 10.1 Å². The van der Waals surface area contributed by atoms with Crippen LogP contribution in [0.2, 0.25) is 0 Å². The molecule has 1 aromatic rings. The Hall–Kier alpha value is -1.92. The summed E-state index contributed by atoms with van der Waals surface area (Å²) in [4.78, 5) is 18.9. The summed E-state index contributed by atoms with van der Waals surface area (Å²) in [5.41, 5.74) is -0.515. The van der Waals surface area contributed by atoms with Gasteiger partial charge in [-0.25, -0.2) is 4.98 Å². The fourth-order valence-electron chi connectivity index (χ4n) is 2.40. The summed E-state index contributed by atoms with van der Waals surface area (Å²) < 4.78 is 5.77. The second-order valence-corrected chi connectivity index (χ2v) is 6.39. The maximum absolute atomic E-state index is 11.4. The number of nitrogens with zero attached hydrogens (tertiary/aromatic N) is 3. The van der Waals surface area contributed by atoms with Gasteiger partial charge < -0.3 is 10.1 Å². The number of anilines is 1. The predicted octanol–water partition coefficient (Wildman–Crippen LogP) is 3.31. The third-order valence-electron chi connectivity index (χ3n) is 3.30. The van der Waals surface area contributed by atoms with Gasteiger partial charge in [0.15, 0.2) is 0 Å². The maximum Gasteiger partial charge on any atom is 0.372 e. The van der Waals surface area contributed by atoms with Crippen molar-refractivity contribution in [3.05, 3.63) is 16.4 Å². The van der Waals surface area contributed by atoms with Crippen LogP contribution in [-0.2, 0) is 0 Å². The van der Waals surface area contributed by atoms with Crippen LogP contribution in [0.15, 0.2) is 6.33 Å². The molecule has 21 heavy (non-hydrogen) atoms. The molecule has 0 unspecified atom stereocenters. The largest absolute Gasteiger partial charge is 0.469 e. The number of aromatic nitrogens is 2. The van der Waals surface area contributed by atoms with Crippen LogP contribution in [0.4, 0.5) is 11.5 Å². The number of nitrogens with one attached hydrogen (secondary N) is 1. The molecule has 1 heterocycles. The van der Waals surface area contributed by atoms with Crippen LogP contribution in [-0.4, -0.2) is 26.5 Å². The van der Waals surface area contributed by atoms with Crippen molar-refractivity contribution < 1.29 is 9.66 Å². The first kappa shape index (κ1) is 15.5. The highest BCUT2D eigenvalue weighted by molar-refractivity contribution is 5.62. The number of ether oxygens (including phenoxy) is 1. The second-order valence-electron chi connectivity index (χ2n) is 6.39. The third kappa shape index (κ3) is 4.27. The SMILES string of the molecule is CC(C)(C)Nc1ncnc(OC2CCCCC2)c1[N+](=O)[O-]. The van der Waals surface area contributed by atoms with Gasteiger partial charge in [-0.15, -0.1) is 0 Å². The van der Waals surface area contributed by atoms with Crippen molar-refractivity contribution in [2.75, 3.05) is 5.32 Å². The first-order valence-corrected chi connectivity index (χ1v) is 7.31. The van der Waals surface area contributed by atoms with E-state index in [1.807, 2.05) is 20.8 Å². The summed E-state index contributed by atoms with van der Waals surface area (Å²) in [6.07, 6.45) is 6.54. The molecular weight excluding hydrogens is 272 g/mol. The molecular formula is C14H22N4O3. The minimum Gasteiger partial charge on any atom is -0.469 e. The normalized spacial score (nSPS) is 16.5. The van der Waals surface area contributed by atoms with E-state index in [-0.39, 0.29) is 29.0 Å². The van der Waals surface area contributed by atoms with E-state index in [2.05, 4.69) is 15.3 Å². The molecule has 0 spiro atoms. The predicted molar refractivity (Wildman–Crippen MR) is 79.6 cm³/mol. The van der Waals surface area contributed by atoms with Crippen molar-refractivity contribution in [3.8, 4) is 5.88 Å². The fraction of sp³-hybridized carbons (Fsp3) is 0.714. The zero-order valence-corrected chi connectivity index (χ0v) is 12.8. The topological polar surface area (TPSA) is 90.2 Å². The number of hydrogen-bond acceptors (Lipinski definition) is 6. The summed E-state index contributed by atoms with van der Waals surface area (Å²) in [5.74, 6) is 0.266. The highest BCUT2D eigenvalue weighted by Crippen LogP contribution is 2.34. The Morgan fingerprint density at radius 3 is 2.52 bits per heavy atom. The van der Waals surface area contributed by atoms with E-state index in [1.165, 1.54) is 12.7 Å². The lowest BCUT2D eigenvalue weighted by molar-refractivity contribution is -0.385. The summed E-state index contributed by atoms with van der Waals surface area (Å²) >= 11 is 0. The van der Waals surface area contributed by atoms with Crippen LogP contribution >= 0.6 is 0 Å². The van der Waals surface area contributed by atoms with Gasteiger partial charge in [0.2, 0.25) is 5.82 Å². The van der Waals surface area contributed by atoms with Crippen molar-refractivity contribution >= 4 is 11.5 Å². The van der Waals surface area contributed by atoms with Crippen molar-refractivity contribution in [3.63, 3.8) is 0 Å². The highest BCUT2D eigenvalue weighted by Gasteiger charge is 2.29. The summed E-state index contributed by atoms with van der Waals surface area (Å²) in [6.45, 7) is 5.75. The molecule has 2 rings (SSSR count). The summed E-state index contributed by atoms with van der Waals surface area (Å²) in [5, 5.41) is 14.4. The zero-order chi connectivity index (χ0) is 15.5.